The van der Waals surface area contributed by atoms with E-state index in [1.54, 1.807) is 12.1 Å². The number of methoxy groups -OCH3 is 3. The molecule has 176 valence electrons. The van der Waals surface area contributed by atoms with Gasteiger partial charge in [0.15, 0.2) is 11.5 Å². The smallest absolute Gasteiger partial charge is 0.325 e. The summed E-state index contributed by atoms with van der Waals surface area (Å²) >= 11 is 0. The lowest BCUT2D eigenvalue weighted by Crippen LogP contribution is -2.54. The zero-order chi connectivity index (χ0) is 23.7. The zero-order valence-electron chi connectivity index (χ0n) is 19.7. The fraction of sp³-hybridized carbons (Fsp3) is 0.609. The average Bonchev–Trinajstić information content (AvgIpc) is 2.93. The van der Waals surface area contributed by atoms with Crippen LogP contribution in [-0.4, -0.2) is 56.2 Å². The maximum Gasteiger partial charge on any atom is 0.325 e. The van der Waals surface area contributed by atoms with E-state index in [0.717, 1.165) is 11.3 Å². The number of amides is 4. The SMILES string of the molecule is COc1cc(OC)c(OC)cc1CNC(=O)CN1C(=O)N[C@]2(C[C@@H](C)CC(C)(C)C2)C1=O. The summed E-state index contributed by atoms with van der Waals surface area (Å²) in [6, 6.07) is 2.87. The van der Waals surface area contributed by atoms with Crippen molar-refractivity contribution in [2.24, 2.45) is 11.3 Å². The van der Waals surface area contributed by atoms with E-state index in [9.17, 15) is 14.4 Å². The average molecular weight is 448 g/mol. The van der Waals surface area contributed by atoms with Gasteiger partial charge in [0.2, 0.25) is 5.91 Å². The number of nitrogens with zero attached hydrogens (tertiary/aromatic N) is 1. The third-order valence-corrected chi connectivity index (χ3v) is 6.19. The van der Waals surface area contributed by atoms with Crippen LogP contribution in [0.25, 0.3) is 0 Å². The summed E-state index contributed by atoms with van der Waals surface area (Å²) < 4.78 is 16.0. The lowest BCUT2D eigenvalue weighted by molar-refractivity contribution is -0.137. The highest BCUT2D eigenvalue weighted by molar-refractivity contribution is 6.09. The monoisotopic (exact) mass is 447 g/mol. The Bertz CT molecular complexity index is 915. The summed E-state index contributed by atoms with van der Waals surface area (Å²) in [7, 11) is 4.57. The lowest BCUT2D eigenvalue weighted by Gasteiger charge is -2.43. The van der Waals surface area contributed by atoms with Gasteiger partial charge in [-0.1, -0.05) is 20.8 Å². The molecule has 32 heavy (non-hydrogen) atoms. The molecule has 0 unspecified atom stereocenters. The largest absolute Gasteiger partial charge is 0.496 e. The van der Waals surface area contributed by atoms with Crippen molar-refractivity contribution in [2.45, 2.75) is 52.1 Å². The second-order valence-electron chi connectivity index (χ2n) is 9.55. The van der Waals surface area contributed by atoms with Crippen molar-refractivity contribution in [1.29, 1.82) is 0 Å². The molecule has 3 rings (SSSR count). The number of hydrogen-bond donors (Lipinski definition) is 2. The number of carbonyl (C=O) groups is 3. The molecule has 0 aromatic heterocycles. The van der Waals surface area contributed by atoms with Crippen LogP contribution in [0.3, 0.4) is 0 Å². The summed E-state index contributed by atoms with van der Waals surface area (Å²) in [5.74, 6) is 1.08. The van der Waals surface area contributed by atoms with Crippen molar-refractivity contribution in [1.82, 2.24) is 15.5 Å². The van der Waals surface area contributed by atoms with Crippen LogP contribution >= 0.6 is 0 Å². The highest BCUT2D eigenvalue weighted by Gasteiger charge is 2.56. The Morgan fingerprint density at radius 1 is 1.09 bits per heavy atom. The van der Waals surface area contributed by atoms with Gasteiger partial charge in [-0.25, -0.2) is 4.79 Å². The van der Waals surface area contributed by atoms with Crippen LogP contribution in [0.1, 0.15) is 45.6 Å². The van der Waals surface area contributed by atoms with E-state index in [2.05, 4.69) is 31.4 Å². The molecular formula is C23H33N3O6. The fourth-order valence-corrected chi connectivity index (χ4v) is 5.27. The van der Waals surface area contributed by atoms with Gasteiger partial charge in [0.05, 0.1) is 21.3 Å². The predicted molar refractivity (Wildman–Crippen MR) is 118 cm³/mol. The number of urea groups is 1. The van der Waals surface area contributed by atoms with Crippen molar-refractivity contribution in [3.05, 3.63) is 17.7 Å². The summed E-state index contributed by atoms with van der Waals surface area (Å²) in [5, 5.41) is 5.64. The lowest BCUT2D eigenvalue weighted by atomic mass is 9.64. The molecule has 2 N–H and O–H groups in total. The summed E-state index contributed by atoms with van der Waals surface area (Å²) in [6.45, 7) is 6.11. The van der Waals surface area contributed by atoms with Gasteiger partial charge >= 0.3 is 6.03 Å². The van der Waals surface area contributed by atoms with Crippen LogP contribution in [0.2, 0.25) is 0 Å². The Kier molecular flexibility index (Phi) is 6.57. The fourth-order valence-electron chi connectivity index (χ4n) is 5.27. The zero-order valence-corrected chi connectivity index (χ0v) is 19.7. The van der Waals surface area contributed by atoms with E-state index in [-0.39, 0.29) is 24.4 Å². The Morgan fingerprint density at radius 2 is 1.72 bits per heavy atom. The first-order valence-electron chi connectivity index (χ1n) is 10.7. The first-order chi connectivity index (χ1) is 15.0. The normalized spacial score (nSPS) is 24.3. The molecule has 1 aromatic carbocycles. The van der Waals surface area contributed by atoms with Gasteiger partial charge in [-0.15, -0.1) is 0 Å². The summed E-state index contributed by atoms with van der Waals surface area (Å²) in [6.07, 6.45) is 2.14. The Hall–Kier alpha value is -2.97. The summed E-state index contributed by atoms with van der Waals surface area (Å²) in [5.41, 5.74) is -0.316. The van der Waals surface area contributed by atoms with E-state index in [4.69, 9.17) is 14.2 Å². The molecule has 0 radical (unpaired) electrons. The van der Waals surface area contributed by atoms with Gasteiger partial charge in [0, 0.05) is 18.2 Å². The molecule has 0 bridgehead atoms. The minimum Gasteiger partial charge on any atom is -0.496 e. The maximum atomic E-state index is 13.2. The second-order valence-corrected chi connectivity index (χ2v) is 9.55. The predicted octanol–water partition coefficient (Wildman–Crippen LogP) is 2.47. The second kappa shape index (κ2) is 8.88. The molecule has 1 aliphatic heterocycles. The number of rotatable bonds is 7. The van der Waals surface area contributed by atoms with Gasteiger partial charge in [0.25, 0.3) is 5.91 Å². The molecule has 9 nitrogen and oxygen atoms in total. The van der Waals surface area contributed by atoms with Crippen LogP contribution in [0.15, 0.2) is 12.1 Å². The van der Waals surface area contributed by atoms with Gasteiger partial charge in [-0.05, 0) is 36.7 Å². The van der Waals surface area contributed by atoms with Crippen LogP contribution in [0.5, 0.6) is 17.2 Å². The Morgan fingerprint density at radius 3 is 2.31 bits per heavy atom. The number of nitrogens with one attached hydrogen (secondary N) is 2. The van der Waals surface area contributed by atoms with Gasteiger partial charge < -0.3 is 24.8 Å². The van der Waals surface area contributed by atoms with E-state index in [1.807, 2.05) is 0 Å². The van der Waals surface area contributed by atoms with E-state index in [0.29, 0.717) is 41.6 Å². The standard InChI is InChI=1S/C23H33N3O6/c1-14-9-22(2,3)13-23(10-14)20(28)26(21(29)25-23)12-19(27)24-11-15-7-17(31-5)18(32-6)8-16(15)30-4/h7-8,14H,9-13H2,1-6H3,(H,24,27)(H,25,29)/t14-,23-/m0/s1. The number of carbonyl (C=O) groups excluding carboxylic acids is 3. The van der Waals surface area contributed by atoms with E-state index < -0.39 is 17.5 Å². The van der Waals surface area contributed by atoms with Crippen molar-refractivity contribution in [3.8, 4) is 17.2 Å². The molecule has 1 spiro atoms. The van der Waals surface area contributed by atoms with E-state index in [1.165, 1.54) is 21.3 Å². The Labute approximate surface area is 188 Å². The molecule has 2 atom stereocenters. The molecule has 1 aromatic rings. The van der Waals surface area contributed by atoms with Gasteiger partial charge in [-0.3, -0.25) is 14.5 Å². The summed E-state index contributed by atoms with van der Waals surface area (Å²) in [4.78, 5) is 39.5. The first-order valence-corrected chi connectivity index (χ1v) is 10.7. The molecular weight excluding hydrogens is 414 g/mol. The molecule has 1 saturated carbocycles. The van der Waals surface area contributed by atoms with Crippen LogP contribution < -0.4 is 24.8 Å². The number of imide groups is 1. The van der Waals surface area contributed by atoms with Crippen molar-refractivity contribution < 1.29 is 28.6 Å². The molecule has 9 heteroatoms. The first kappa shape index (κ1) is 23.7. The van der Waals surface area contributed by atoms with Gasteiger partial charge in [0.1, 0.15) is 17.8 Å². The highest BCUT2D eigenvalue weighted by atomic mass is 16.5. The molecule has 1 heterocycles. The molecule has 4 amide bonds. The van der Waals surface area contributed by atoms with Crippen LogP contribution in [0.4, 0.5) is 4.79 Å². The molecule has 2 aliphatic rings. The third-order valence-electron chi connectivity index (χ3n) is 6.19. The molecule has 2 fully saturated rings. The molecule has 1 saturated heterocycles. The maximum absolute atomic E-state index is 13.2. The molecule has 1 aliphatic carbocycles. The minimum absolute atomic E-state index is 0.0666. The third kappa shape index (κ3) is 4.61. The van der Waals surface area contributed by atoms with E-state index >= 15 is 0 Å². The van der Waals surface area contributed by atoms with Crippen LogP contribution in [0, 0.1) is 11.3 Å². The van der Waals surface area contributed by atoms with Crippen molar-refractivity contribution in [2.75, 3.05) is 27.9 Å². The van der Waals surface area contributed by atoms with Crippen LogP contribution in [-0.2, 0) is 16.1 Å². The Balaban J connectivity index is 1.68. The highest BCUT2D eigenvalue weighted by Crippen LogP contribution is 2.46. The number of hydrogen-bond acceptors (Lipinski definition) is 6. The quantitative estimate of drug-likeness (QED) is 0.622. The topological polar surface area (TPSA) is 106 Å². The minimum atomic E-state index is -0.925. The van der Waals surface area contributed by atoms with Gasteiger partial charge in [-0.2, -0.15) is 0 Å². The van der Waals surface area contributed by atoms with Crippen molar-refractivity contribution in [3.63, 3.8) is 0 Å². The van der Waals surface area contributed by atoms with Crippen molar-refractivity contribution >= 4 is 17.8 Å². The number of benzene rings is 1. The number of ether oxygens (including phenoxy) is 3.